The average molecular weight is 349 g/mol. The molecule has 0 fully saturated rings. The van der Waals surface area contributed by atoms with Crippen molar-refractivity contribution in [3.05, 3.63) is 60.7 Å². The lowest BCUT2D eigenvalue weighted by Crippen LogP contribution is -2.42. The van der Waals surface area contributed by atoms with Gasteiger partial charge in [-0.05, 0) is 30.7 Å². The first-order valence-electron chi connectivity index (χ1n) is 8.13. The quantitative estimate of drug-likeness (QED) is 0.619. The molecule has 0 saturated carbocycles. The summed E-state index contributed by atoms with van der Waals surface area (Å²) in [7, 11) is 2.70. The van der Waals surface area contributed by atoms with Gasteiger partial charge in [-0.1, -0.05) is 49.7 Å². The molecular formula is C19H28O4Si. The number of hydrogen-bond acceptors (Lipinski definition) is 4. The van der Waals surface area contributed by atoms with E-state index in [9.17, 15) is 0 Å². The summed E-state index contributed by atoms with van der Waals surface area (Å²) < 4.78 is 21.3. The van der Waals surface area contributed by atoms with Gasteiger partial charge in [-0.2, -0.15) is 0 Å². The maximum atomic E-state index is 5.58. The number of benzene rings is 2. The van der Waals surface area contributed by atoms with E-state index in [4.69, 9.17) is 18.0 Å². The zero-order valence-electron chi connectivity index (χ0n) is 15.0. The van der Waals surface area contributed by atoms with Gasteiger partial charge in [0, 0.05) is 27.4 Å². The highest BCUT2D eigenvalue weighted by Crippen LogP contribution is 2.19. The number of para-hydroxylation sites is 2. The zero-order chi connectivity index (χ0) is 17.7. The summed E-state index contributed by atoms with van der Waals surface area (Å²) >= 11 is 0. The molecular weight excluding hydrogens is 320 g/mol. The Balaban J connectivity index is 0.000000245. The zero-order valence-corrected chi connectivity index (χ0v) is 16.0. The molecule has 0 N–H and O–H groups in total. The van der Waals surface area contributed by atoms with Crippen LogP contribution >= 0.6 is 0 Å². The first-order chi connectivity index (χ1) is 11.7. The maximum Gasteiger partial charge on any atom is 0.500 e. The van der Waals surface area contributed by atoms with Gasteiger partial charge in [0.1, 0.15) is 11.5 Å². The second kappa shape index (κ2) is 11.8. The van der Waals surface area contributed by atoms with Crippen molar-refractivity contribution in [3.63, 3.8) is 0 Å². The Kier molecular flexibility index (Phi) is 10.0. The third-order valence-corrected chi connectivity index (χ3v) is 6.32. The van der Waals surface area contributed by atoms with Crippen LogP contribution in [0.1, 0.15) is 19.8 Å². The molecule has 2 aromatic carbocycles. The summed E-state index contributed by atoms with van der Waals surface area (Å²) in [5.74, 6) is 1.74. The fourth-order valence-corrected chi connectivity index (χ4v) is 3.96. The lowest BCUT2D eigenvalue weighted by Gasteiger charge is -2.23. The predicted molar refractivity (Wildman–Crippen MR) is 99.5 cm³/mol. The average Bonchev–Trinajstić information content (AvgIpc) is 2.66. The summed E-state index contributed by atoms with van der Waals surface area (Å²) in [5, 5.41) is 0. The SMILES string of the molecule is CCCC[Si](OC)(OC)OC.c1ccc(Oc2ccccc2)cc1. The van der Waals surface area contributed by atoms with Gasteiger partial charge in [-0.15, -0.1) is 0 Å². The molecule has 0 heterocycles. The van der Waals surface area contributed by atoms with Gasteiger partial charge in [0.05, 0.1) is 0 Å². The number of rotatable bonds is 8. The highest BCUT2D eigenvalue weighted by molar-refractivity contribution is 6.60. The van der Waals surface area contributed by atoms with Crippen LogP contribution in [-0.4, -0.2) is 30.1 Å². The lowest BCUT2D eigenvalue weighted by molar-refractivity contribution is 0.123. The van der Waals surface area contributed by atoms with Crippen LogP contribution in [0.25, 0.3) is 0 Å². The molecule has 132 valence electrons. The highest BCUT2D eigenvalue weighted by atomic mass is 28.4. The lowest BCUT2D eigenvalue weighted by atomic mass is 10.3. The minimum absolute atomic E-state index is 0.869. The summed E-state index contributed by atoms with van der Waals surface area (Å²) in [5.41, 5.74) is 0. The van der Waals surface area contributed by atoms with Gasteiger partial charge >= 0.3 is 8.80 Å². The second-order valence-electron chi connectivity index (χ2n) is 5.13. The van der Waals surface area contributed by atoms with E-state index in [2.05, 4.69) is 6.92 Å². The molecule has 2 rings (SSSR count). The van der Waals surface area contributed by atoms with E-state index in [0.717, 1.165) is 30.4 Å². The van der Waals surface area contributed by atoms with Crippen LogP contribution < -0.4 is 4.74 Å². The van der Waals surface area contributed by atoms with E-state index in [1.165, 1.54) is 0 Å². The molecule has 0 aliphatic heterocycles. The van der Waals surface area contributed by atoms with E-state index in [0.29, 0.717) is 0 Å². The Bertz CT molecular complexity index is 484. The molecule has 0 atom stereocenters. The first-order valence-corrected chi connectivity index (χ1v) is 10.1. The number of hydrogen-bond donors (Lipinski definition) is 0. The molecule has 0 radical (unpaired) electrons. The third-order valence-electron chi connectivity index (χ3n) is 3.49. The van der Waals surface area contributed by atoms with Crippen LogP contribution in [0.2, 0.25) is 6.04 Å². The second-order valence-corrected chi connectivity index (χ2v) is 8.22. The highest BCUT2D eigenvalue weighted by Gasteiger charge is 2.36. The van der Waals surface area contributed by atoms with Gasteiger partial charge < -0.3 is 18.0 Å². The summed E-state index contributed by atoms with van der Waals surface area (Å²) in [4.78, 5) is 0. The van der Waals surface area contributed by atoms with Gasteiger partial charge in [0.25, 0.3) is 0 Å². The van der Waals surface area contributed by atoms with E-state index in [1.807, 2.05) is 60.7 Å². The van der Waals surface area contributed by atoms with Crippen LogP contribution in [0.5, 0.6) is 11.5 Å². The summed E-state index contributed by atoms with van der Waals surface area (Å²) in [6.45, 7) is 2.14. The standard InChI is InChI=1S/C12H10O.C7H18O3Si/c1-3-7-11(8-4-1)13-12-9-5-2-6-10-12;1-5-6-7-11(8-2,9-3)10-4/h1-10H;5-7H2,1-4H3. The fourth-order valence-electron chi connectivity index (χ4n) is 2.06. The normalized spacial score (nSPS) is 10.7. The topological polar surface area (TPSA) is 36.9 Å². The Morgan fingerprint density at radius 2 is 1.12 bits per heavy atom. The molecule has 2 aromatic rings. The largest absolute Gasteiger partial charge is 0.500 e. The van der Waals surface area contributed by atoms with Crippen molar-refractivity contribution in [3.8, 4) is 11.5 Å². The van der Waals surface area contributed by atoms with Crippen molar-refractivity contribution in [2.75, 3.05) is 21.3 Å². The number of unbranched alkanes of at least 4 members (excludes halogenated alkanes) is 1. The summed E-state index contributed by atoms with van der Waals surface area (Å²) in [6, 6.07) is 20.4. The van der Waals surface area contributed by atoms with Crippen molar-refractivity contribution in [1.29, 1.82) is 0 Å². The van der Waals surface area contributed by atoms with E-state index >= 15 is 0 Å². The number of ether oxygens (including phenoxy) is 1. The predicted octanol–water partition coefficient (Wildman–Crippen LogP) is 5.14. The first kappa shape index (κ1) is 20.4. The van der Waals surface area contributed by atoms with Crippen molar-refractivity contribution >= 4 is 8.80 Å². The minimum Gasteiger partial charge on any atom is -0.457 e. The third kappa shape index (κ3) is 7.27. The van der Waals surface area contributed by atoms with Gasteiger partial charge in [-0.25, -0.2) is 0 Å². The van der Waals surface area contributed by atoms with E-state index < -0.39 is 8.80 Å². The van der Waals surface area contributed by atoms with Gasteiger partial charge in [0.2, 0.25) is 0 Å². The Hall–Kier alpha value is -1.66. The Morgan fingerprint density at radius 3 is 1.46 bits per heavy atom. The Morgan fingerprint density at radius 1 is 0.708 bits per heavy atom. The van der Waals surface area contributed by atoms with Crippen LogP contribution in [-0.2, 0) is 13.3 Å². The molecule has 24 heavy (non-hydrogen) atoms. The van der Waals surface area contributed by atoms with Crippen LogP contribution in [0.4, 0.5) is 0 Å². The van der Waals surface area contributed by atoms with Crippen molar-refractivity contribution in [1.82, 2.24) is 0 Å². The van der Waals surface area contributed by atoms with E-state index in [-0.39, 0.29) is 0 Å². The summed E-state index contributed by atoms with van der Waals surface area (Å²) in [6.07, 6.45) is 2.24. The molecule has 4 nitrogen and oxygen atoms in total. The molecule has 0 aliphatic carbocycles. The van der Waals surface area contributed by atoms with Crippen LogP contribution in [0.15, 0.2) is 60.7 Å². The fraction of sp³-hybridized carbons (Fsp3) is 0.368. The van der Waals surface area contributed by atoms with Crippen molar-refractivity contribution in [2.45, 2.75) is 25.8 Å². The van der Waals surface area contributed by atoms with Crippen LogP contribution in [0, 0.1) is 0 Å². The van der Waals surface area contributed by atoms with Gasteiger partial charge in [0.15, 0.2) is 0 Å². The molecule has 0 amide bonds. The maximum absolute atomic E-state index is 5.58. The van der Waals surface area contributed by atoms with Gasteiger partial charge in [-0.3, -0.25) is 0 Å². The molecule has 0 aromatic heterocycles. The van der Waals surface area contributed by atoms with Crippen molar-refractivity contribution in [2.24, 2.45) is 0 Å². The molecule has 0 spiro atoms. The molecule has 0 bridgehead atoms. The Labute approximate surface area is 146 Å². The molecule has 5 heteroatoms. The monoisotopic (exact) mass is 348 g/mol. The minimum atomic E-state index is -2.24. The van der Waals surface area contributed by atoms with Crippen LogP contribution in [0.3, 0.4) is 0 Å². The molecule has 0 unspecified atom stereocenters. The van der Waals surface area contributed by atoms with Crippen molar-refractivity contribution < 1.29 is 18.0 Å². The van der Waals surface area contributed by atoms with E-state index in [1.54, 1.807) is 21.3 Å². The smallest absolute Gasteiger partial charge is 0.457 e. The molecule has 0 saturated heterocycles. The molecule has 0 aliphatic rings.